The number of benzene rings is 1. The number of halogens is 2. The molecule has 0 atom stereocenters. The van der Waals surface area contributed by atoms with Crippen LogP contribution in [0.5, 0.6) is 5.75 Å². The lowest BCUT2D eigenvalue weighted by Gasteiger charge is -2.15. The molecular formula is C15H14F2N2O5S2. The van der Waals surface area contributed by atoms with Crippen molar-refractivity contribution in [3.63, 3.8) is 0 Å². The molecule has 140 valence electrons. The van der Waals surface area contributed by atoms with Crippen LogP contribution in [-0.2, 0) is 14.3 Å². The number of carbonyl (C=O) groups excluding carboxylic acids is 3. The molecule has 7 nitrogen and oxygen atoms in total. The number of alkyl halides is 2. The van der Waals surface area contributed by atoms with Crippen LogP contribution in [0.15, 0.2) is 24.3 Å². The SMILES string of the molecule is O=C(COC(=O)c1ccccc1OC(F)F)NCCN1C(=O)CSC1=S. The minimum absolute atomic E-state index is 0.128. The summed E-state index contributed by atoms with van der Waals surface area (Å²) in [4.78, 5) is 36.5. The number of thiocarbonyl (C=S) groups is 1. The minimum Gasteiger partial charge on any atom is -0.452 e. The van der Waals surface area contributed by atoms with E-state index in [4.69, 9.17) is 17.0 Å². The van der Waals surface area contributed by atoms with E-state index in [-0.39, 0.29) is 36.1 Å². The standard InChI is InChI=1S/C15H14F2N2O5S2/c16-14(17)24-10-4-2-1-3-9(10)13(22)23-7-11(20)18-5-6-19-12(21)8-26-15(19)25/h1-4,14H,5-8H2,(H,18,20). The zero-order valence-corrected chi connectivity index (χ0v) is 14.9. The van der Waals surface area contributed by atoms with E-state index in [2.05, 4.69) is 10.1 Å². The van der Waals surface area contributed by atoms with E-state index in [0.29, 0.717) is 4.32 Å². The van der Waals surface area contributed by atoms with Crippen molar-refractivity contribution in [2.24, 2.45) is 0 Å². The van der Waals surface area contributed by atoms with Gasteiger partial charge in [0.05, 0.1) is 5.75 Å². The number of ether oxygens (including phenoxy) is 2. The Morgan fingerprint density at radius 2 is 2.08 bits per heavy atom. The third-order valence-electron chi connectivity index (χ3n) is 3.16. The second-order valence-electron chi connectivity index (χ2n) is 4.90. The number of nitrogens with one attached hydrogen (secondary N) is 1. The topological polar surface area (TPSA) is 84.9 Å². The van der Waals surface area contributed by atoms with Crippen LogP contribution in [0.25, 0.3) is 0 Å². The number of hydrogen-bond donors (Lipinski definition) is 1. The Hall–Kier alpha value is -2.27. The number of thioether (sulfide) groups is 1. The number of carbonyl (C=O) groups is 3. The molecule has 1 N–H and O–H groups in total. The first kappa shape index (κ1) is 20.0. The fraction of sp³-hybridized carbons (Fsp3) is 0.333. The summed E-state index contributed by atoms with van der Waals surface area (Å²) in [5.41, 5.74) is -0.217. The van der Waals surface area contributed by atoms with Gasteiger partial charge in [0, 0.05) is 13.1 Å². The van der Waals surface area contributed by atoms with Gasteiger partial charge >= 0.3 is 12.6 Å². The van der Waals surface area contributed by atoms with Crippen LogP contribution in [-0.4, -0.2) is 59.1 Å². The highest BCUT2D eigenvalue weighted by molar-refractivity contribution is 8.23. The van der Waals surface area contributed by atoms with Gasteiger partial charge in [0.15, 0.2) is 6.61 Å². The van der Waals surface area contributed by atoms with Crippen LogP contribution in [0.1, 0.15) is 10.4 Å². The lowest BCUT2D eigenvalue weighted by molar-refractivity contribution is -0.126. The van der Waals surface area contributed by atoms with Gasteiger partial charge in [0.2, 0.25) is 5.91 Å². The smallest absolute Gasteiger partial charge is 0.387 e. The maximum atomic E-state index is 12.3. The number of nitrogens with zero attached hydrogens (tertiary/aromatic N) is 1. The van der Waals surface area contributed by atoms with E-state index in [1.807, 2.05) is 0 Å². The zero-order chi connectivity index (χ0) is 19.1. The molecule has 11 heteroatoms. The average Bonchev–Trinajstić information content (AvgIpc) is 2.91. The van der Waals surface area contributed by atoms with Crippen LogP contribution >= 0.6 is 24.0 Å². The Bertz CT molecular complexity index is 701. The quantitative estimate of drug-likeness (QED) is 0.518. The van der Waals surface area contributed by atoms with Gasteiger partial charge in [-0.3, -0.25) is 14.5 Å². The summed E-state index contributed by atoms with van der Waals surface area (Å²) in [5.74, 6) is -1.76. The Kier molecular flexibility index (Phi) is 7.27. The van der Waals surface area contributed by atoms with Gasteiger partial charge in [-0.25, -0.2) is 4.79 Å². The summed E-state index contributed by atoms with van der Waals surface area (Å²) in [6, 6.07) is 5.30. The van der Waals surface area contributed by atoms with Gasteiger partial charge < -0.3 is 14.8 Å². The van der Waals surface area contributed by atoms with Gasteiger partial charge in [-0.2, -0.15) is 8.78 Å². The fourth-order valence-corrected chi connectivity index (χ4v) is 3.12. The Morgan fingerprint density at radius 3 is 2.73 bits per heavy atom. The predicted molar refractivity (Wildman–Crippen MR) is 93.1 cm³/mol. The van der Waals surface area contributed by atoms with Crippen LogP contribution in [0.3, 0.4) is 0 Å². The van der Waals surface area contributed by atoms with Crippen molar-refractivity contribution >= 4 is 46.1 Å². The third-order valence-corrected chi connectivity index (χ3v) is 4.59. The molecular weight excluding hydrogens is 390 g/mol. The van der Waals surface area contributed by atoms with Gasteiger partial charge in [-0.15, -0.1) is 0 Å². The first-order chi connectivity index (χ1) is 12.4. The van der Waals surface area contributed by atoms with Crippen LogP contribution in [0, 0.1) is 0 Å². The minimum atomic E-state index is -3.09. The maximum absolute atomic E-state index is 12.3. The molecule has 1 heterocycles. The molecule has 1 fully saturated rings. The molecule has 0 aliphatic carbocycles. The summed E-state index contributed by atoms with van der Waals surface area (Å²) < 4.78 is 34.1. The molecule has 1 aromatic rings. The monoisotopic (exact) mass is 404 g/mol. The molecule has 2 rings (SSSR count). The van der Waals surface area contributed by atoms with E-state index in [1.54, 1.807) is 0 Å². The number of hydrogen-bond acceptors (Lipinski definition) is 7. The van der Waals surface area contributed by atoms with Gasteiger partial charge in [0.1, 0.15) is 15.6 Å². The fourth-order valence-electron chi connectivity index (χ4n) is 2.00. The van der Waals surface area contributed by atoms with Gasteiger partial charge in [0.25, 0.3) is 5.91 Å². The molecule has 1 aliphatic rings. The van der Waals surface area contributed by atoms with Crippen molar-refractivity contribution in [2.45, 2.75) is 6.61 Å². The van der Waals surface area contributed by atoms with E-state index in [0.717, 1.165) is 0 Å². The van der Waals surface area contributed by atoms with Crippen molar-refractivity contribution in [3.8, 4) is 5.75 Å². The van der Waals surface area contributed by atoms with Crippen molar-refractivity contribution in [1.29, 1.82) is 0 Å². The molecule has 0 saturated carbocycles. The van der Waals surface area contributed by atoms with Gasteiger partial charge in [-0.1, -0.05) is 36.1 Å². The molecule has 0 unspecified atom stereocenters. The summed E-state index contributed by atoms with van der Waals surface area (Å²) in [7, 11) is 0. The lowest BCUT2D eigenvalue weighted by Crippen LogP contribution is -2.38. The molecule has 0 bridgehead atoms. The first-order valence-corrected chi connectivity index (χ1v) is 8.72. The Balaban J connectivity index is 1.77. The first-order valence-electron chi connectivity index (χ1n) is 7.33. The maximum Gasteiger partial charge on any atom is 0.387 e. The molecule has 1 saturated heterocycles. The number of amides is 2. The lowest BCUT2D eigenvalue weighted by atomic mass is 10.2. The second-order valence-corrected chi connectivity index (χ2v) is 6.51. The Labute approximate surface area is 157 Å². The van der Waals surface area contributed by atoms with Gasteiger partial charge in [-0.05, 0) is 12.1 Å². The largest absolute Gasteiger partial charge is 0.452 e. The normalized spacial score (nSPS) is 13.9. The summed E-state index contributed by atoms with van der Waals surface area (Å²) in [5, 5.41) is 2.47. The van der Waals surface area contributed by atoms with Crippen molar-refractivity contribution in [1.82, 2.24) is 10.2 Å². The molecule has 2 amide bonds. The van der Waals surface area contributed by atoms with E-state index in [1.165, 1.54) is 40.9 Å². The van der Waals surface area contributed by atoms with E-state index < -0.39 is 25.1 Å². The van der Waals surface area contributed by atoms with Crippen LogP contribution < -0.4 is 10.1 Å². The molecule has 0 spiro atoms. The third kappa shape index (κ3) is 5.63. The zero-order valence-electron chi connectivity index (χ0n) is 13.3. The van der Waals surface area contributed by atoms with Crippen molar-refractivity contribution < 1.29 is 32.6 Å². The molecule has 0 radical (unpaired) electrons. The average molecular weight is 404 g/mol. The summed E-state index contributed by atoms with van der Waals surface area (Å²) in [6.07, 6.45) is 0. The summed E-state index contributed by atoms with van der Waals surface area (Å²) in [6.45, 7) is -3.34. The van der Waals surface area contributed by atoms with Crippen molar-refractivity contribution in [2.75, 3.05) is 25.4 Å². The Morgan fingerprint density at radius 1 is 1.35 bits per heavy atom. The highest BCUT2D eigenvalue weighted by atomic mass is 32.2. The number of esters is 1. The predicted octanol–water partition coefficient (Wildman–Crippen LogP) is 1.42. The number of rotatable bonds is 8. The second kappa shape index (κ2) is 9.43. The number of para-hydroxylation sites is 1. The summed E-state index contributed by atoms with van der Waals surface area (Å²) >= 11 is 6.25. The molecule has 26 heavy (non-hydrogen) atoms. The van der Waals surface area contributed by atoms with Crippen LogP contribution in [0.2, 0.25) is 0 Å². The molecule has 0 aromatic heterocycles. The van der Waals surface area contributed by atoms with Crippen molar-refractivity contribution in [3.05, 3.63) is 29.8 Å². The highest BCUT2D eigenvalue weighted by Gasteiger charge is 2.26. The van der Waals surface area contributed by atoms with E-state index in [9.17, 15) is 23.2 Å². The molecule has 1 aliphatic heterocycles. The highest BCUT2D eigenvalue weighted by Crippen LogP contribution is 2.21. The van der Waals surface area contributed by atoms with E-state index >= 15 is 0 Å². The molecule has 1 aromatic carbocycles. The van der Waals surface area contributed by atoms with Crippen LogP contribution in [0.4, 0.5) is 8.78 Å².